The van der Waals surface area contributed by atoms with Gasteiger partial charge < -0.3 is 10.4 Å². The molecule has 2 aliphatic rings. The van der Waals surface area contributed by atoms with E-state index in [4.69, 9.17) is 0 Å². The normalized spacial score (nSPS) is 33.9. The average molecular weight is 212 g/mol. The minimum absolute atomic E-state index is 0.128. The van der Waals surface area contributed by atoms with E-state index in [0.29, 0.717) is 6.04 Å². The Balaban J connectivity index is 1.99. The van der Waals surface area contributed by atoms with E-state index < -0.39 is 5.97 Å². The van der Waals surface area contributed by atoms with Gasteiger partial charge in [-0.3, -0.25) is 9.69 Å². The standard InChI is InChI=1S/C11H20N2O2/c14-11(15)9-3-1-2-4-10(9)13-7-5-12-6-8-13/h9-10,12H,1-8H2,(H,14,15). The predicted octanol–water partition coefficient (Wildman–Crippen LogP) is 0.535. The Morgan fingerprint density at radius 1 is 1.20 bits per heavy atom. The molecule has 2 atom stereocenters. The molecular formula is C11H20N2O2. The summed E-state index contributed by atoms with van der Waals surface area (Å²) < 4.78 is 0. The lowest BCUT2D eigenvalue weighted by Crippen LogP contribution is -2.53. The Morgan fingerprint density at radius 3 is 2.53 bits per heavy atom. The van der Waals surface area contributed by atoms with E-state index in [1.54, 1.807) is 0 Å². The molecule has 2 unspecified atom stereocenters. The van der Waals surface area contributed by atoms with Crippen LogP contribution in [0, 0.1) is 5.92 Å². The van der Waals surface area contributed by atoms with Gasteiger partial charge in [0.15, 0.2) is 0 Å². The van der Waals surface area contributed by atoms with Crippen LogP contribution in [0.15, 0.2) is 0 Å². The summed E-state index contributed by atoms with van der Waals surface area (Å²) in [7, 11) is 0. The average Bonchev–Trinajstić information content (AvgIpc) is 2.30. The van der Waals surface area contributed by atoms with Crippen molar-refractivity contribution in [3.05, 3.63) is 0 Å². The van der Waals surface area contributed by atoms with Crippen LogP contribution < -0.4 is 5.32 Å². The number of carboxylic acid groups (broad SMARTS) is 1. The van der Waals surface area contributed by atoms with Crippen LogP contribution in [0.2, 0.25) is 0 Å². The van der Waals surface area contributed by atoms with Gasteiger partial charge in [-0.25, -0.2) is 0 Å². The van der Waals surface area contributed by atoms with Crippen LogP contribution in [0.4, 0.5) is 0 Å². The zero-order valence-electron chi connectivity index (χ0n) is 9.11. The topological polar surface area (TPSA) is 52.6 Å². The largest absolute Gasteiger partial charge is 0.481 e. The van der Waals surface area contributed by atoms with Gasteiger partial charge in [-0.2, -0.15) is 0 Å². The summed E-state index contributed by atoms with van der Waals surface area (Å²) in [6.45, 7) is 4.02. The number of hydrogen-bond donors (Lipinski definition) is 2. The van der Waals surface area contributed by atoms with Crippen molar-refractivity contribution in [3.63, 3.8) is 0 Å². The highest BCUT2D eigenvalue weighted by molar-refractivity contribution is 5.71. The molecule has 2 rings (SSSR count). The Morgan fingerprint density at radius 2 is 1.87 bits per heavy atom. The molecule has 1 saturated carbocycles. The first-order valence-corrected chi connectivity index (χ1v) is 5.96. The smallest absolute Gasteiger partial charge is 0.308 e. The summed E-state index contributed by atoms with van der Waals surface area (Å²) in [4.78, 5) is 13.5. The molecule has 1 aliphatic heterocycles. The minimum atomic E-state index is -0.599. The molecule has 0 aromatic carbocycles. The van der Waals surface area contributed by atoms with Gasteiger partial charge in [-0.15, -0.1) is 0 Å². The molecule has 1 heterocycles. The quantitative estimate of drug-likeness (QED) is 0.701. The molecule has 4 nitrogen and oxygen atoms in total. The molecule has 0 radical (unpaired) electrons. The summed E-state index contributed by atoms with van der Waals surface area (Å²) in [5, 5.41) is 12.5. The van der Waals surface area contributed by atoms with Crippen LogP contribution in [0.5, 0.6) is 0 Å². The maximum absolute atomic E-state index is 11.2. The number of carboxylic acids is 1. The number of nitrogens with zero attached hydrogens (tertiary/aromatic N) is 1. The van der Waals surface area contributed by atoms with Crippen molar-refractivity contribution >= 4 is 5.97 Å². The van der Waals surface area contributed by atoms with Crippen molar-refractivity contribution in [1.29, 1.82) is 0 Å². The lowest BCUT2D eigenvalue weighted by molar-refractivity contribution is -0.145. The van der Waals surface area contributed by atoms with Gasteiger partial charge in [0.05, 0.1) is 5.92 Å². The van der Waals surface area contributed by atoms with Crippen LogP contribution in [0.3, 0.4) is 0 Å². The molecule has 0 bridgehead atoms. The fraction of sp³-hybridized carbons (Fsp3) is 0.909. The monoisotopic (exact) mass is 212 g/mol. The van der Waals surface area contributed by atoms with Gasteiger partial charge >= 0.3 is 5.97 Å². The third-order valence-electron chi connectivity index (χ3n) is 3.67. The number of carbonyl (C=O) groups is 1. The van der Waals surface area contributed by atoms with Crippen LogP contribution in [0.25, 0.3) is 0 Å². The second kappa shape index (κ2) is 4.94. The molecule has 1 aliphatic carbocycles. The highest BCUT2D eigenvalue weighted by atomic mass is 16.4. The maximum atomic E-state index is 11.2. The molecule has 2 N–H and O–H groups in total. The number of rotatable bonds is 2. The second-order valence-corrected chi connectivity index (χ2v) is 4.58. The first kappa shape index (κ1) is 10.9. The zero-order chi connectivity index (χ0) is 10.7. The van der Waals surface area contributed by atoms with Gasteiger partial charge in [0.2, 0.25) is 0 Å². The molecule has 1 saturated heterocycles. The Hall–Kier alpha value is -0.610. The predicted molar refractivity (Wildman–Crippen MR) is 57.8 cm³/mol. The van der Waals surface area contributed by atoms with Crippen LogP contribution in [0.1, 0.15) is 25.7 Å². The summed E-state index contributed by atoms with van der Waals surface area (Å²) in [6, 6.07) is 0.290. The van der Waals surface area contributed by atoms with E-state index >= 15 is 0 Å². The van der Waals surface area contributed by atoms with E-state index in [-0.39, 0.29) is 5.92 Å². The lowest BCUT2D eigenvalue weighted by atomic mass is 9.83. The molecule has 4 heteroatoms. The van der Waals surface area contributed by atoms with Crippen LogP contribution in [-0.2, 0) is 4.79 Å². The van der Waals surface area contributed by atoms with Gasteiger partial charge in [0.1, 0.15) is 0 Å². The SMILES string of the molecule is O=C(O)C1CCCCC1N1CCNCC1. The molecule has 0 aromatic heterocycles. The van der Waals surface area contributed by atoms with Gasteiger partial charge in [0.25, 0.3) is 0 Å². The van der Waals surface area contributed by atoms with E-state index in [2.05, 4.69) is 10.2 Å². The van der Waals surface area contributed by atoms with Crippen molar-refractivity contribution in [3.8, 4) is 0 Å². The van der Waals surface area contributed by atoms with E-state index in [1.807, 2.05) is 0 Å². The summed E-state index contributed by atoms with van der Waals surface area (Å²) in [5.74, 6) is -0.727. The molecule has 86 valence electrons. The lowest BCUT2D eigenvalue weighted by Gasteiger charge is -2.40. The molecule has 15 heavy (non-hydrogen) atoms. The number of hydrogen-bond acceptors (Lipinski definition) is 3. The van der Waals surface area contributed by atoms with Crippen molar-refractivity contribution in [1.82, 2.24) is 10.2 Å². The van der Waals surface area contributed by atoms with Crippen molar-refractivity contribution < 1.29 is 9.90 Å². The van der Waals surface area contributed by atoms with Crippen molar-refractivity contribution in [2.24, 2.45) is 5.92 Å². The first-order chi connectivity index (χ1) is 7.29. The van der Waals surface area contributed by atoms with Gasteiger partial charge in [0, 0.05) is 32.2 Å². The molecule has 0 spiro atoms. The second-order valence-electron chi connectivity index (χ2n) is 4.58. The molecule has 2 fully saturated rings. The maximum Gasteiger partial charge on any atom is 0.308 e. The first-order valence-electron chi connectivity index (χ1n) is 5.96. The number of nitrogens with one attached hydrogen (secondary N) is 1. The highest BCUT2D eigenvalue weighted by Crippen LogP contribution is 2.28. The van der Waals surface area contributed by atoms with Gasteiger partial charge in [-0.1, -0.05) is 12.8 Å². The Kier molecular flexibility index (Phi) is 3.59. The van der Waals surface area contributed by atoms with E-state index in [9.17, 15) is 9.90 Å². The fourth-order valence-electron chi connectivity index (χ4n) is 2.85. The van der Waals surface area contributed by atoms with Gasteiger partial charge in [-0.05, 0) is 12.8 Å². The van der Waals surface area contributed by atoms with Crippen LogP contribution >= 0.6 is 0 Å². The number of piperazine rings is 1. The molecule has 0 aromatic rings. The van der Waals surface area contributed by atoms with Crippen LogP contribution in [-0.4, -0.2) is 48.2 Å². The fourth-order valence-corrected chi connectivity index (χ4v) is 2.85. The van der Waals surface area contributed by atoms with E-state index in [0.717, 1.165) is 45.4 Å². The third kappa shape index (κ3) is 2.49. The number of aliphatic carboxylic acids is 1. The van der Waals surface area contributed by atoms with E-state index in [1.165, 1.54) is 6.42 Å². The summed E-state index contributed by atoms with van der Waals surface area (Å²) in [6.07, 6.45) is 4.21. The molecular weight excluding hydrogens is 192 g/mol. The van der Waals surface area contributed by atoms with Crippen molar-refractivity contribution in [2.45, 2.75) is 31.7 Å². The summed E-state index contributed by atoms with van der Waals surface area (Å²) >= 11 is 0. The third-order valence-corrected chi connectivity index (χ3v) is 3.67. The Labute approximate surface area is 90.6 Å². The summed E-state index contributed by atoms with van der Waals surface area (Å²) in [5.41, 5.74) is 0. The Bertz CT molecular complexity index is 227. The van der Waals surface area contributed by atoms with Crippen molar-refractivity contribution in [2.75, 3.05) is 26.2 Å². The minimum Gasteiger partial charge on any atom is -0.481 e. The highest BCUT2D eigenvalue weighted by Gasteiger charge is 2.34. The zero-order valence-corrected chi connectivity index (χ0v) is 9.11. The molecule has 0 amide bonds.